The number of fused-ring (bicyclic) bond motifs is 1. The van der Waals surface area contributed by atoms with E-state index >= 15 is 0 Å². The lowest BCUT2D eigenvalue weighted by Gasteiger charge is -2.10. The van der Waals surface area contributed by atoms with Gasteiger partial charge in [-0.25, -0.2) is 9.50 Å². The lowest BCUT2D eigenvalue weighted by atomic mass is 10.1. The summed E-state index contributed by atoms with van der Waals surface area (Å²) in [5.74, 6) is 0.716. The van der Waals surface area contributed by atoms with Crippen molar-refractivity contribution in [3.8, 4) is 6.07 Å². The number of rotatable bonds is 7. The number of hydrogen-bond acceptors (Lipinski definition) is 9. The maximum absolute atomic E-state index is 12.4. The number of aromatic nitrogens is 5. The number of nitrogens with one attached hydrogen (secondary N) is 1. The Morgan fingerprint density at radius 1 is 1.37 bits per heavy atom. The molecule has 0 aliphatic carbocycles. The van der Waals surface area contributed by atoms with E-state index in [1.807, 2.05) is 25.3 Å². The van der Waals surface area contributed by atoms with Crippen LogP contribution in [0.2, 0.25) is 0 Å². The van der Waals surface area contributed by atoms with E-state index in [9.17, 15) is 4.79 Å². The molecule has 4 heterocycles. The number of aryl methyl sites for hydroxylation is 2. The highest BCUT2D eigenvalue weighted by Crippen LogP contribution is 2.29. The summed E-state index contributed by atoms with van der Waals surface area (Å²) in [6.07, 6.45) is 2.32. The Morgan fingerprint density at radius 3 is 3.00 bits per heavy atom. The first-order valence-corrected chi connectivity index (χ1v) is 11.8. The average molecular weight is 456 g/mol. The highest BCUT2D eigenvalue weighted by atomic mass is 32.2. The summed E-state index contributed by atoms with van der Waals surface area (Å²) in [6, 6.07) is 6.21. The van der Waals surface area contributed by atoms with Crippen LogP contribution < -0.4 is 5.32 Å². The Kier molecular flexibility index (Phi) is 6.08. The number of thiophene rings is 1. The van der Waals surface area contributed by atoms with Crippen LogP contribution in [0.4, 0.5) is 5.13 Å². The Labute approximate surface area is 185 Å². The topological polar surface area (TPSA) is 109 Å². The van der Waals surface area contributed by atoms with Gasteiger partial charge in [-0.05, 0) is 37.3 Å². The van der Waals surface area contributed by atoms with Gasteiger partial charge in [0.15, 0.2) is 9.99 Å². The van der Waals surface area contributed by atoms with Crippen LogP contribution in [0.25, 0.3) is 5.65 Å². The molecule has 30 heavy (non-hydrogen) atoms. The molecule has 1 N–H and O–H groups in total. The number of hydrogen-bond donors (Lipinski definition) is 1. The van der Waals surface area contributed by atoms with Gasteiger partial charge < -0.3 is 5.32 Å². The van der Waals surface area contributed by atoms with Gasteiger partial charge in [-0.3, -0.25) is 4.79 Å². The molecular weight excluding hydrogens is 438 g/mol. The molecule has 0 fully saturated rings. The summed E-state index contributed by atoms with van der Waals surface area (Å²) in [7, 11) is 0. The van der Waals surface area contributed by atoms with Crippen molar-refractivity contribution in [3.63, 3.8) is 0 Å². The molecule has 0 saturated heterocycles. The van der Waals surface area contributed by atoms with E-state index in [-0.39, 0.29) is 5.91 Å². The van der Waals surface area contributed by atoms with Crippen LogP contribution in [0.3, 0.4) is 0 Å². The van der Waals surface area contributed by atoms with Crippen molar-refractivity contribution in [2.24, 2.45) is 0 Å². The Bertz CT molecular complexity index is 1240. The molecule has 1 amide bonds. The molecule has 4 aromatic heterocycles. The highest BCUT2D eigenvalue weighted by molar-refractivity contribution is 8.00. The zero-order chi connectivity index (χ0) is 21.1. The molecule has 0 radical (unpaired) electrons. The third-order valence-corrected chi connectivity index (χ3v) is 7.58. The quantitative estimate of drug-likeness (QED) is 0.331. The van der Waals surface area contributed by atoms with E-state index in [1.165, 1.54) is 22.4 Å². The van der Waals surface area contributed by atoms with E-state index in [0.29, 0.717) is 29.2 Å². The molecule has 4 rings (SSSR count). The third kappa shape index (κ3) is 4.35. The Hall–Kier alpha value is -2.81. The minimum absolute atomic E-state index is 0.127. The molecule has 0 aromatic carbocycles. The number of amides is 1. The normalized spacial score (nSPS) is 11.0. The molecule has 0 spiro atoms. The van der Waals surface area contributed by atoms with Crippen molar-refractivity contribution >= 4 is 51.1 Å². The first kappa shape index (κ1) is 20.5. The van der Waals surface area contributed by atoms with Gasteiger partial charge >= 0.3 is 0 Å². The van der Waals surface area contributed by atoms with Gasteiger partial charge in [0.05, 0.1) is 6.20 Å². The molecule has 0 atom stereocenters. The maximum atomic E-state index is 12.4. The average Bonchev–Trinajstić information content (AvgIpc) is 3.47. The van der Waals surface area contributed by atoms with Crippen LogP contribution in [-0.4, -0.2) is 30.7 Å². The summed E-state index contributed by atoms with van der Waals surface area (Å²) < 4.78 is 2.48. The largest absolute Gasteiger partial charge is 0.300 e. The van der Waals surface area contributed by atoms with Crippen molar-refractivity contribution in [2.45, 2.75) is 36.8 Å². The van der Waals surface area contributed by atoms with E-state index in [0.717, 1.165) is 27.0 Å². The fourth-order valence-electron chi connectivity index (χ4n) is 3.02. The molecule has 0 saturated carbocycles. The maximum Gasteiger partial charge on any atom is 0.226 e. The third-order valence-electron chi connectivity index (χ3n) is 4.50. The van der Waals surface area contributed by atoms with Gasteiger partial charge in [-0.1, -0.05) is 29.2 Å². The second-order valence-corrected chi connectivity index (χ2v) is 9.69. The molecule has 0 unspecified atom stereocenters. The molecule has 0 aliphatic heterocycles. The summed E-state index contributed by atoms with van der Waals surface area (Å²) in [5.41, 5.74) is 3.62. The predicted octanol–water partition coefficient (Wildman–Crippen LogP) is 3.99. The minimum atomic E-state index is -0.127. The van der Waals surface area contributed by atoms with Gasteiger partial charge in [0, 0.05) is 28.4 Å². The monoisotopic (exact) mass is 455 g/mol. The van der Waals surface area contributed by atoms with Crippen LogP contribution in [0.15, 0.2) is 28.0 Å². The summed E-state index contributed by atoms with van der Waals surface area (Å²) >= 11 is 4.69. The molecular formula is C19H17N7OS3. The highest BCUT2D eigenvalue weighted by Gasteiger charge is 2.15. The van der Waals surface area contributed by atoms with Crippen molar-refractivity contribution in [2.75, 3.05) is 5.32 Å². The zero-order valence-corrected chi connectivity index (χ0v) is 18.7. The first-order valence-electron chi connectivity index (χ1n) is 9.07. The first-order chi connectivity index (χ1) is 14.5. The van der Waals surface area contributed by atoms with Gasteiger partial charge in [-0.2, -0.15) is 10.4 Å². The van der Waals surface area contributed by atoms with Crippen LogP contribution >= 0.6 is 34.4 Å². The van der Waals surface area contributed by atoms with E-state index < -0.39 is 0 Å². The molecule has 0 bridgehead atoms. The summed E-state index contributed by atoms with van der Waals surface area (Å²) in [4.78, 5) is 18.2. The van der Waals surface area contributed by atoms with Gasteiger partial charge in [0.1, 0.15) is 11.6 Å². The minimum Gasteiger partial charge on any atom is -0.300 e. The number of carbonyl (C=O) groups is 1. The molecule has 4 aromatic rings. The summed E-state index contributed by atoms with van der Waals surface area (Å²) in [5, 5.41) is 27.0. The summed E-state index contributed by atoms with van der Waals surface area (Å²) in [6.45, 7) is 3.81. The fraction of sp³-hybridized carbons (Fsp3) is 0.263. The smallest absolute Gasteiger partial charge is 0.226 e. The number of thioether (sulfide) groups is 1. The van der Waals surface area contributed by atoms with Crippen molar-refractivity contribution in [3.05, 3.63) is 51.1 Å². The van der Waals surface area contributed by atoms with Crippen LogP contribution in [0.1, 0.15) is 33.8 Å². The SMILES string of the molecule is Cc1nc2c(C#N)cnn2c(C)c1CCC(=O)Nc1nnc(SCc2cccs2)s1. The van der Waals surface area contributed by atoms with Crippen LogP contribution in [-0.2, 0) is 17.0 Å². The van der Waals surface area contributed by atoms with Gasteiger partial charge in [-0.15, -0.1) is 21.5 Å². The van der Waals surface area contributed by atoms with Crippen molar-refractivity contribution in [1.82, 2.24) is 24.8 Å². The Balaban J connectivity index is 1.37. The molecule has 8 nitrogen and oxygen atoms in total. The lowest BCUT2D eigenvalue weighted by molar-refractivity contribution is -0.116. The molecule has 0 aliphatic rings. The number of anilines is 1. The van der Waals surface area contributed by atoms with Gasteiger partial charge in [0.2, 0.25) is 11.0 Å². The number of nitriles is 1. The molecule has 152 valence electrons. The van der Waals surface area contributed by atoms with Crippen molar-refractivity contribution in [1.29, 1.82) is 5.26 Å². The number of carbonyl (C=O) groups excluding carboxylic acids is 1. The second-order valence-electron chi connectivity index (χ2n) is 6.46. The van der Waals surface area contributed by atoms with Crippen LogP contribution in [0, 0.1) is 25.2 Å². The molecule has 11 heteroatoms. The van der Waals surface area contributed by atoms with Crippen LogP contribution in [0.5, 0.6) is 0 Å². The van der Waals surface area contributed by atoms with E-state index in [1.54, 1.807) is 27.6 Å². The van der Waals surface area contributed by atoms with E-state index in [2.05, 4.69) is 37.7 Å². The number of nitrogens with zero attached hydrogens (tertiary/aromatic N) is 6. The fourth-order valence-corrected chi connectivity index (χ4v) is 5.56. The standard InChI is InChI=1S/C19H17N7OS3/c1-11-15(12(2)26-17(22-11)13(8-20)9-21-26)5-6-16(27)23-18-24-25-19(30-18)29-10-14-4-3-7-28-14/h3-4,7,9H,5-6,10H2,1-2H3,(H,23,24,27). The van der Waals surface area contributed by atoms with Gasteiger partial charge in [0.25, 0.3) is 0 Å². The van der Waals surface area contributed by atoms with E-state index in [4.69, 9.17) is 5.26 Å². The second kappa shape index (κ2) is 8.91. The zero-order valence-electron chi connectivity index (χ0n) is 16.2. The lowest BCUT2D eigenvalue weighted by Crippen LogP contribution is -2.14. The predicted molar refractivity (Wildman–Crippen MR) is 118 cm³/mol. The van der Waals surface area contributed by atoms with Crippen molar-refractivity contribution < 1.29 is 4.79 Å². The Morgan fingerprint density at radius 2 is 2.23 bits per heavy atom.